The lowest BCUT2D eigenvalue weighted by Gasteiger charge is -2.19. The first-order chi connectivity index (χ1) is 8.26. The Morgan fingerprint density at radius 3 is 2.65 bits per heavy atom. The number of furan rings is 1. The van der Waals surface area contributed by atoms with Gasteiger partial charge in [-0.25, -0.2) is 0 Å². The summed E-state index contributed by atoms with van der Waals surface area (Å²) in [5.41, 5.74) is 1.75. The largest absolute Gasteiger partial charge is 0.463 e. The number of H-pyrrole nitrogens is 1. The Balaban J connectivity index is 2.19. The van der Waals surface area contributed by atoms with Gasteiger partial charge in [-0.3, -0.25) is 4.79 Å². The number of carbonyl (C=O) groups is 1. The smallest absolute Gasteiger partial charge is 0.270 e. The highest BCUT2D eigenvalue weighted by Crippen LogP contribution is 2.17. The van der Waals surface area contributed by atoms with Crippen LogP contribution in [0.15, 0.2) is 22.8 Å². The Bertz CT molecular complexity index is 468. The molecule has 6 heteroatoms. The van der Waals surface area contributed by atoms with Crippen molar-refractivity contribution in [2.75, 3.05) is 26.3 Å². The number of hydrogen-bond acceptors (Lipinski definition) is 4. The Morgan fingerprint density at radius 2 is 2.06 bits per heavy atom. The van der Waals surface area contributed by atoms with Crippen LogP contribution >= 0.6 is 0 Å². The summed E-state index contributed by atoms with van der Waals surface area (Å²) in [5.74, 6) is -0.264. The van der Waals surface area contributed by atoms with Crippen LogP contribution in [0.3, 0.4) is 0 Å². The summed E-state index contributed by atoms with van der Waals surface area (Å²) in [5, 5.41) is 17.7. The third kappa shape index (κ3) is 2.32. The SMILES string of the molecule is O=C(c1cc2occc2[nH]1)N(CCO)CCO. The second kappa shape index (κ2) is 5.03. The number of nitrogens with zero attached hydrogens (tertiary/aromatic N) is 1. The minimum Gasteiger partial charge on any atom is -0.463 e. The van der Waals surface area contributed by atoms with Crippen molar-refractivity contribution in [3.63, 3.8) is 0 Å². The normalized spacial score (nSPS) is 10.9. The average molecular weight is 238 g/mol. The van der Waals surface area contributed by atoms with Gasteiger partial charge in [0.1, 0.15) is 5.69 Å². The Labute approximate surface area is 97.5 Å². The predicted octanol–water partition coefficient (Wildman–Crippen LogP) is 0.188. The first kappa shape index (κ1) is 11.7. The molecule has 0 aliphatic heterocycles. The standard InChI is InChI=1S/C11H14N2O4/c14-4-2-13(3-5-15)11(16)9-7-10-8(12-9)1-6-17-10/h1,6-7,12,14-15H,2-5H2. The molecule has 1 amide bonds. The van der Waals surface area contributed by atoms with Gasteiger partial charge in [0.05, 0.1) is 25.0 Å². The van der Waals surface area contributed by atoms with Gasteiger partial charge >= 0.3 is 0 Å². The van der Waals surface area contributed by atoms with Gasteiger partial charge < -0.3 is 24.5 Å². The van der Waals surface area contributed by atoms with Crippen molar-refractivity contribution in [3.8, 4) is 0 Å². The fraction of sp³-hybridized carbons (Fsp3) is 0.364. The first-order valence-corrected chi connectivity index (χ1v) is 5.33. The lowest BCUT2D eigenvalue weighted by atomic mass is 10.3. The van der Waals surface area contributed by atoms with Gasteiger partial charge in [-0.05, 0) is 0 Å². The Kier molecular flexibility index (Phi) is 3.46. The molecule has 0 radical (unpaired) electrons. The maximum absolute atomic E-state index is 12.0. The molecule has 0 saturated heterocycles. The third-order valence-electron chi connectivity index (χ3n) is 2.50. The number of nitrogens with one attached hydrogen (secondary N) is 1. The van der Waals surface area contributed by atoms with Crippen LogP contribution in [0.5, 0.6) is 0 Å². The van der Waals surface area contributed by atoms with Gasteiger partial charge in [0, 0.05) is 25.2 Å². The molecule has 0 aliphatic rings. The summed E-state index contributed by atoms with van der Waals surface area (Å²) in [4.78, 5) is 16.3. The van der Waals surface area contributed by atoms with E-state index in [1.54, 1.807) is 12.1 Å². The van der Waals surface area contributed by atoms with Crippen molar-refractivity contribution in [1.29, 1.82) is 0 Å². The zero-order chi connectivity index (χ0) is 12.3. The van der Waals surface area contributed by atoms with Gasteiger partial charge in [0.25, 0.3) is 5.91 Å². The fourth-order valence-corrected chi connectivity index (χ4v) is 1.69. The maximum Gasteiger partial charge on any atom is 0.270 e. The zero-order valence-electron chi connectivity index (χ0n) is 9.22. The van der Waals surface area contributed by atoms with E-state index in [4.69, 9.17) is 14.6 Å². The summed E-state index contributed by atoms with van der Waals surface area (Å²) >= 11 is 0. The number of rotatable bonds is 5. The van der Waals surface area contributed by atoms with Gasteiger partial charge in [-0.2, -0.15) is 0 Å². The van der Waals surface area contributed by atoms with Gasteiger partial charge in [-0.1, -0.05) is 0 Å². The van der Waals surface area contributed by atoms with E-state index in [-0.39, 0.29) is 32.2 Å². The summed E-state index contributed by atoms with van der Waals surface area (Å²) in [6, 6.07) is 3.34. The number of aliphatic hydroxyl groups excluding tert-OH is 2. The van der Waals surface area contributed by atoms with E-state index in [0.717, 1.165) is 5.52 Å². The molecule has 17 heavy (non-hydrogen) atoms. The molecule has 0 fully saturated rings. The zero-order valence-corrected chi connectivity index (χ0v) is 9.22. The Hall–Kier alpha value is -1.79. The molecule has 2 rings (SSSR count). The van der Waals surface area contributed by atoms with E-state index in [9.17, 15) is 4.79 Å². The summed E-state index contributed by atoms with van der Waals surface area (Å²) in [6.45, 7) is 0.116. The van der Waals surface area contributed by atoms with E-state index in [2.05, 4.69) is 4.98 Å². The number of aromatic amines is 1. The molecule has 3 N–H and O–H groups in total. The van der Waals surface area contributed by atoms with Crippen LogP contribution in [0.1, 0.15) is 10.5 Å². The van der Waals surface area contributed by atoms with E-state index < -0.39 is 0 Å². The quantitative estimate of drug-likeness (QED) is 0.693. The minimum absolute atomic E-state index is 0.136. The molecular weight excluding hydrogens is 224 g/mol. The van der Waals surface area contributed by atoms with E-state index in [1.165, 1.54) is 11.2 Å². The van der Waals surface area contributed by atoms with Gasteiger partial charge in [0.15, 0.2) is 5.58 Å². The lowest BCUT2D eigenvalue weighted by molar-refractivity contribution is 0.0680. The molecule has 2 aromatic heterocycles. The van der Waals surface area contributed by atoms with E-state index in [1.807, 2.05) is 0 Å². The highest BCUT2D eigenvalue weighted by Gasteiger charge is 2.17. The van der Waals surface area contributed by atoms with Crippen molar-refractivity contribution in [2.24, 2.45) is 0 Å². The van der Waals surface area contributed by atoms with Crippen LogP contribution in [0.2, 0.25) is 0 Å². The molecular formula is C11H14N2O4. The number of carbonyl (C=O) groups excluding carboxylic acids is 1. The molecule has 0 spiro atoms. The number of aromatic nitrogens is 1. The molecule has 0 aliphatic carbocycles. The van der Waals surface area contributed by atoms with E-state index in [0.29, 0.717) is 11.3 Å². The first-order valence-electron chi connectivity index (χ1n) is 5.33. The number of hydrogen-bond donors (Lipinski definition) is 3. The average Bonchev–Trinajstić information content (AvgIpc) is 2.87. The van der Waals surface area contributed by atoms with E-state index >= 15 is 0 Å². The fourth-order valence-electron chi connectivity index (χ4n) is 1.69. The van der Waals surface area contributed by atoms with Crippen molar-refractivity contribution in [1.82, 2.24) is 9.88 Å². The topological polar surface area (TPSA) is 89.7 Å². The van der Waals surface area contributed by atoms with Crippen LogP contribution < -0.4 is 0 Å². The van der Waals surface area contributed by atoms with Crippen molar-refractivity contribution in [3.05, 3.63) is 24.1 Å². The van der Waals surface area contributed by atoms with Crippen molar-refractivity contribution < 1.29 is 19.4 Å². The summed E-state index contributed by atoms with van der Waals surface area (Å²) in [6.07, 6.45) is 1.54. The molecule has 2 aromatic rings. The third-order valence-corrected chi connectivity index (χ3v) is 2.50. The number of amides is 1. The molecule has 2 heterocycles. The molecule has 0 unspecified atom stereocenters. The molecule has 92 valence electrons. The molecule has 0 atom stereocenters. The molecule has 0 bridgehead atoms. The van der Waals surface area contributed by atoms with Crippen LogP contribution in [-0.4, -0.2) is 52.3 Å². The maximum atomic E-state index is 12.0. The second-order valence-electron chi connectivity index (χ2n) is 3.62. The van der Waals surface area contributed by atoms with Crippen molar-refractivity contribution >= 4 is 17.0 Å². The Morgan fingerprint density at radius 1 is 1.35 bits per heavy atom. The van der Waals surface area contributed by atoms with Crippen LogP contribution in [0.25, 0.3) is 11.1 Å². The molecule has 0 aromatic carbocycles. The highest BCUT2D eigenvalue weighted by molar-refractivity contribution is 5.96. The summed E-state index contributed by atoms with van der Waals surface area (Å²) in [7, 11) is 0. The monoisotopic (exact) mass is 238 g/mol. The van der Waals surface area contributed by atoms with Crippen molar-refractivity contribution in [2.45, 2.75) is 0 Å². The predicted molar refractivity (Wildman–Crippen MR) is 60.6 cm³/mol. The van der Waals surface area contributed by atoms with Crippen LogP contribution in [0, 0.1) is 0 Å². The van der Waals surface area contributed by atoms with Gasteiger partial charge in [-0.15, -0.1) is 0 Å². The van der Waals surface area contributed by atoms with Crippen LogP contribution in [-0.2, 0) is 0 Å². The lowest BCUT2D eigenvalue weighted by Crippen LogP contribution is -2.36. The minimum atomic E-state index is -0.264. The number of aliphatic hydroxyl groups is 2. The molecule has 0 saturated carbocycles. The summed E-state index contributed by atoms with van der Waals surface area (Å²) < 4.78 is 5.15. The highest BCUT2D eigenvalue weighted by atomic mass is 16.3. The second-order valence-corrected chi connectivity index (χ2v) is 3.62. The molecule has 6 nitrogen and oxygen atoms in total. The van der Waals surface area contributed by atoms with Crippen LogP contribution in [0.4, 0.5) is 0 Å². The number of fused-ring (bicyclic) bond motifs is 1. The van der Waals surface area contributed by atoms with Gasteiger partial charge in [0.2, 0.25) is 0 Å².